The van der Waals surface area contributed by atoms with E-state index in [9.17, 15) is 40.7 Å². The topological polar surface area (TPSA) is 131 Å². The first-order valence-electron chi connectivity index (χ1n) is 11.5. The number of nitrogens with zero attached hydrogens (tertiary/aromatic N) is 1. The number of anilines is 2. The molecule has 10 nitrogen and oxygen atoms in total. The zero-order valence-corrected chi connectivity index (χ0v) is 21.6. The maximum Gasteiger partial charge on any atom is 0.427 e. The van der Waals surface area contributed by atoms with Crippen LogP contribution in [0.3, 0.4) is 0 Å². The molecule has 0 aromatic heterocycles. The minimum absolute atomic E-state index is 0.0227. The van der Waals surface area contributed by atoms with Gasteiger partial charge in [-0.05, 0) is 50.6 Å². The van der Waals surface area contributed by atoms with Crippen molar-refractivity contribution in [1.82, 2.24) is 0 Å². The van der Waals surface area contributed by atoms with Gasteiger partial charge in [-0.3, -0.25) is 14.4 Å². The van der Waals surface area contributed by atoms with Gasteiger partial charge in [-0.25, -0.2) is 17.6 Å². The molecule has 0 radical (unpaired) electrons. The van der Waals surface area contributed by atoms with Crippen LogP contribution in [-0.4, -0.2) is 57.1 Å². The summed E-state index contributed by atoms with van der Waals surface area (Å²) in [6.07, 6.45) is -6.85. The van der Waals surface area contributed by atoms with Crippen molar-refractivity contribution < 1.29 is 54.9 Å². The molecule has 0 bridgehead atoms. The van der Waals surface area contributed by atoms with E-state index in [1.807, 2.05) is 0 Å². The molecule has 2 aromatic carbocycles. The van der Waals surface area contributed by atoms with E-state index in [2.05, 4.69) is 10.1 Å². The molecule has 1 heterocycles. The van der Waals surface area contributed by atoms with E-state index >= 15 is 0 Å². The van der Waals surface area contributed by atoms with Crippen LogP contribution in [0.5, 0.6) is 11.5 Å². The molecular weight excluding hydrogens is 552 g/mol. The fraction of sp³-hybridized carbons (Fsp3) is 0.417. The lowest BCUT2D eigenvalue weighted by molar-refractivity contribution is -0.242. The largest absolute Gasteiger partial charge is 0.494 e. The Kier molecular flexibility index (Phi) is 7.08. The number of carboxylic acid groups (broad SMARTS) is 1. The average molecular weight is 577 g/mol. The number of fused-ring (bicyclic) bond motifs is 1. The van der Waals surface area contributed by atoms with Crippen LogP contribution >= 0.6 is 0 Å². The third kappa shape index (κ3) is 5.53. The molecule has 2 aliphatic rings. The number of nitrogens with one attached hydrogen (secondary N) is 1. The second kappa shape index (κ2) is 9.77. The number of carbonyl (C=O) groups excluding carboxylic acids is 1. The highest BCUT2D eigenvalue weighted by Crippen LogP contribution is 2.48. The summed E-state index contributed by atoms with van der Waals surface area (Å²) in [4.78, 5) is 23.3. The Labute approximate surface area is 220 Å². The number of amides is 1. The standard InChI is InChI=1S/C24H24F4N2O8S/c1-23(2,24(26,27)28)38-22(33)29-12-4-7-18-17(8-12)30(11-20(37-18)14-10-15(14)21(31)32)39(34,35)13-5-6-16(25)19(9-13)36-3/h4-9,14-15,20H,10-11H2,1-3H3,(H,29,33)(H,31,32)/t14-,15-,20?/m1/s1. The molecule has 1 aliphatic heterocycles. The van der Waals surface area contributed by atoms with E-state index in [1.165, 1.54) is 12.1 Å². The molecule has 3 atom stereocenters. The summed E-state index contributed by atoms with van der Waals surface area (Å²) < 4.78 is 96.9. The molecule has 1 unspecified atom stereocenters. The third-order valence-electron chi connectivity index (χ3n) is 6.47. The van der Waals surface area contributed by atoms with Crippen LogP contribution in [0.15, 0.2) is 41.3 Å². The lowest BCUT2D eigenvalue weighted by Crippen LogP contribution is -2.45. The number of hydrogen-bond donors (Lipinski definition) is 2. The lowest BCUT2D eigenvalue weighted by Gasteiger charge is -2.36. The highest BCUT2D eigenvalue weighted by Gasteiger charge is 2.52. The molecule has 1 amide bonds. The molecule has 2 N–H and O–H groups in total. The second-order valence-electron chi connectivity index (χ2n) is 9.54. The van der Waals surface area contributed by atoms with E-state index in [1.54, 1.807) is 0 Å². The number of benzene rings is 2. The fourth-order valence-electron chi connectivity index (χ4n) is 4.07. The first-order valence-corrected chi connectivity index (χ1v) is 13.0. The number of carboxylic acids is 1. The van der Waals surface area contributed by atoms with Crippen molar-refractivity contribution >= 4 is 33.5 Å². The number of hydrogen-bond acceptors (Lipinski definition) is 7. The molecule has 15 heteroatoms. The first kappa shape index (κ1) is 28.3. The number of ether oxygens (including phenoxy) is 3. The van der Waals surface area contributed by atoms with Crippen molar-refractivity contribution in [2.24, 2.45) is 11.8 Å². The van der Waals surface area contributed by atoms with Crippen molar-refractivity contribution in [1.29, 1.82) is 0 Å². The number of rotatable bonds is 7. The van der Waals surface area contributed by atoms with Gasteiger partial charge in [0, 0.05) is 17.7 Å². The monoisotopic (exact) mass is 576 g/mol. The molecule has 212 valence electrons. The minimum Gasteiger partial charge on any atom is -0.494 e. The first-order chi connectivity index (χ1) is 18.0. The maximum atomic E-state index is 14.0. The number of halogens is 4. The van der Waals surface area contributed by atoms with Gasteiger partial charge in [0.1, 0.15) is 11.9 Å². The van der Waals surface area contributed by atoms with Crippen LogP contribution in [0.4, 0.5) is 33.7 Å². The number of methoxy groups -OCH3 is 1. The van der Waals surface area contributed by atoms with Crippen molar-refractivity contribution in [2.75, 3.05) is 23.3 Å². The molecule has 1 aliphatic carbocycles. The van der Waals surface area contributed by atoms with Gasteiger partial charge in [0.15, 0.2) is 11.6 Å². The van der Waals surface area contributed by atoms with Crippen molar-refractivity contribution in [3.63, 3.8) is 0 Å². The third-order valence-corrected chi connectivity index (χ3v) is 8.25. The predicted octanol–water partition coefficient (Wildman–Crippen LogP) is 4.40. The highest BCUT2D eigenvalue weighted by atomic mass is 32.2. The molecular formula is C24H24F4N2O8S. The average Bonchev–Trinajstić information content (AvgIpc) is 3.64. The van der Waals surface area contributed by atoms with E-state index in [0.717, 1.165) is 35.7 Å². The van der Waals surface area contributed by atoms with Crippen LogP contribution < -0.4 is 19.1 Å². The Morgan fingerprint density at radius 1 is 1.15 bits per heavy atom. The normalized spacial score (nSPS) is 20.9. The quantitative estimate of drug-likeness (QED) is 0.464. The van der Waals surface area contributed by atoms with Crippen LogP contribution in [0, 0.1) is 17.7 Å². The van der Waals surface area contributed by atoms with Gasteiger partial charge < -0.3 is 19.3 Å². The van der Waals surface area contributed by atoms with Crippen LogP contribution in [0.2, 0.25) is 0 Å². The summed E-state index contributed by atoms with van der Waals surface area (Å²) in [6, 6.07) is 6.61. The van der Waals surface area contributed by atoms with Crippen LogP contribution in [-0.2, 0) is 19.6 Å². The van der Waals surface area contributed by atoms with Crippen molar-refractivity contribution in [3.8, 4) is 11.5 Å². The Hall–Kier alpha value is -3.75. The number of alkyl halides is 3. The van der Waals surface area contributed by atoms with E-state index in [4.69, 9.17) is 9.47 Å². The van der Waals surface area contributed by atoms with Gasteiger partial charge in [-0.2, -0.15) is 13.2 Å². The molecule has 39 heavy (non-hydrogen) atoms. The molecule has 0 saturated heterocycles. The summed E-state index contributed by atoms with van der Waals surface area (Å²) in [6.45, 7) is 1.01. The molecule has 4 rings (SSSR count). The Morgan fingerprint density at radius 3 is 2.44 bits per heavy atom. The van der Waals surface area contributed by atoms with E-state index in [0.29, 0.717) is 13.8 Å². The van der Waals surface area contributed by atoms with E-state index in [-0.39, 0.29) is 40.7 Å². The summed E-state index contributed by atoms with van der Waals surface area (Å²) in [7, 11) is -3.27. The highest BCUT2D eigenvalue weighted by molar-refractivity contribution is 7.92. The van der Waals surface area contributed by atoms with Crippen molar-refractivity contribution in [2.45, 2.75) is 43.0 Å². The summed E-state index contributed by atoms with van der Waals surface area (Å²) in [5, 5.41) is 11.5. The predicted molar refractivity (Wildman–Crippen MR) is 128 cm³/mol. The van der Waals surface area contributed by atoms with Gasteiger partial charge in [0.25, 0.3) is 10.0 Å². The number of carbonyl (C=O) groups is 2. The smallest absolute Gasteiger partial charge is 0.427 e. The molecule has 1 fully saturated rings. The Balaban J connectivity index is 1.69. The number of sulfonamides is 1. The van der Waals surface area contributed by atoms with Gasteiger partial charge in [0.05, 0.1) is 30.2 Å². The van der Waals surface area contributed by atoms with Gasteiger partial charge in [0.2, 0.25) is 5.60 Å². The second-order valence-corrected chi connectivity index (χ2v) is 11.4. The van der Waals surface area contributed by atoms with Gasteiger partial charge in [-0.1, -0.05) is 0 Å². The fourth-order valence-corrected chi connectivity index (χ4v) is 5.57. The summed E-state index contributed by atoms with van der Waals surface area (Å²) in [5.41, 5.74) is -3.00. The Bertz CT molecular complexity index is 1410. The molecule has 0 spiro atoms. The molecule has 2 aromatic rings. The number of aliphatic carboxylic acids is 1. The summed E-state index contributed by atoms with van der Waals surface area (Å²) >= 11 is 0. The van der Waals surface area contributed by atoms with Crippen LogP contribution in [0.25, 0.3) is 0 Å². The van der Waals surface area contributed by atoms with E-state index < -0.39 is 57.6 Å². The zero-order valence-electron chi connectivity index (χ0n) is 20.8. The molecule has 1 saturated carbocycles. The van der Waals surface area contributed by atoms with Crippen molar-refractivity contribution in [3.05, 3.63) is 42.2 Å². The van der Waals surface area contributed by atoms with Gasteiger partial charge >= 0.3 is 18.2 Å². The zero-order chi connectivity index (χ0) is 28.9. The lowest BCUT2D eigenvalue weighted by atomic mass is 10.1. The Morgan fingerprint density at radius 2 is 1.85 bits per heavy atom. The summed E-state index contributed by atoms with van der Waals surface area (Å²) in [5.74, 6) is -3.36. The van der Waals surface area contributed by atoms with Crippen LogP contribution in [0.1, 0.15) is 20.3 Å². The maximum absolute atomic E-state index is 14.0. The SMILES string of the molecule is COc1cc(S(=O)(=O)N2CC([C@@H]3C[C@H]3C(=O)O)Oc3ccc(NC(=O)OC(C)(C)C(F)(F)F)cc32)ccc1F. The minimum atomic E-state index is -4.85. The van der Waals surface area contributed by atoms with Gasteiger partial charge in [-0.15, -0.1) is 0 Å².